The van der Waals surface area contributed by atoms with Gasteiger partial charge >= 0.3 is 0 Å². The molecule has 0 radical (unpaired) electrons. The molecular weight excluding hydrogens is 242 g/mol. The van der Waals surface area contributed by atoms with Crippen LogP contribution in [0.1, 0.15) is 31.4 Å². The van der Waals surface area contributed by atoms with Gasteiger partial charge in [-0.3, -0.25) is 0 Å². The highest BCUT2D eigenvalue weighted by molar-refractivity contribution is 7.98. The van der Waals surface area contributed by atoms with Crippen molar-refractivity contribution in [3.05, 3.63) is 35.9 Å². The van der Waals surface area contributed by atoms with Gasteiger partial charge < -0.3 is 10.0 Å². The molecule has 0 aliphatic carbocycles. The molecule has 1 aromatic rings. The molecule has 0 saturated carbocycles. The van der Waals surface area contributed by atoms with Crippen molar-refractivity contribution in [3.8, 4) is 0 Å². The zero-order chi connectivity index (χ0) is 13.4. The van der Waals surface area contributed by atoms with Gasteiger partial charge in [0.1, 0.15) is 0 Å². The lowest BCUT2D eigenvalue weighted by atomic mass is 10.1. The van der Waals surface area contributed by atoms with Crippen molar-refractivity contribution in [2.45, 2.75) is 31.9 Å². The van der Waals surface area contributed by atoms with Gasteiger partial charge in [-0.15, -0.1) is 0 Å². The Bertz CT molecular complexity index is 318. The van der Waals surface area contributed by atoms with Crippen LogP contribution in [0, 0.1) is 0 Å². The third-order valence-corrected chi connectivity index (χ3v) is 4.11. The van der Waals surface area contributed by atoms with Gasteiger partial charge in [-0.2, -0.15) is 11.8 Å². The Morgan fingerprint density at radius 1 is 1.28 bits per heavy atom. The van der Waals surface area contributed by atoms with E-state index >= 15 is 0 Å². The first-order valence-electron chi connectivity index (χ1n) is 6.61. The zero-order valence-corrected chi connectivity index (χ0v) is 12.5. The quantitative estimate of drug-likeness (QED) is 0.782. The molecule has 1 rings (SSSR count). The predicted molar refractivity (Wildman–Crippen MR) is 81.1 cm³/mol. The Morgan fingerprint density at radius 3 is 2.50 bits per heavy atom. The van der Waals surface area contributed by atoms with Crippen LogP contribution in [-0.2, 0) is 0 Å². The van der Waals surface area contributed by atoms with Crippen LogP contribution in [0.2, 0.25) is 0 Å². The fourth-order valence-electron chi connectivity index (χ4n) is 2.10. The van der Waals surface area contributed by atoms with Crippen LogP contribution in [0.25, 0.3) is 0 Å². The van der Waals surface area contributed by atoms with Gasteiger partial charge in [0.25, 0.3) is 0 Å². The molecular formula is C15H25NOS. The maximum atomic E-state index is 10.1. The van der Waals surface area contributed by atoms with Crippen LogP contribution >= 0.6 is 11.8 Å². The van der Waals surface area contributed by atoms with E-state index in [2.05, 4.69) is 25.1 Å². The molecule has 3 heteroatoms. The first-order chi connectivity index (χ1) is 8.69. The summed E-state index contributed by atoms with van der Waals surface area (Å²) >= 11 is 1.89. The van der Waals surface area contributed by atoms with Gasteiger partial charge in [-0.1, -0.05) is 37.3 Å². The first-order valence-corrected chi connectivity index (χ1v) is 8.00. The lowest BCUT2D eigenvalue weighted by Gasteiger charge is -2.27. The van der Waals surface area contributed by atoms with E-state index in [-0.39, 0.29) is 6.10 Å². The molecule has 0 aliphatic rings. The summed E-state index contributed by atoms with van der Waals surface area (Å²) in [5.41, 5.74) is 1.02. The van der Waals surface area contributed by atoms with Crippen molar-refractivity contribution < 1.29 is 5.11 Å². The molecule has 0 amide bonds. The monoisotopic (exact) mass is 267 g/mol. The highest BCUT2D eigenvalue weighted by atomic mass is 32.2. The van der Waals surface area contributed by atoms with Crippen LogP contribution in [0.5, 0.6) is 0 Å². The molecule has 0 heterocycles. The summed E-state index contributed by atoms with van der Waals surface area (Å²) < 4.78 is 0. The Balaban J connectivity index is 2.40. The number of benzene rings is 1. The standard InChI is InChI=1S/C15H25NOS/c1-4-14(12-18-3)16(2)11-10-15(17)13-8-6-5-7-9-13/h5-9,14-15,17H,4,10-12H2,1-3H3. The van der Waals surface area contributed by atoms with Crippen LogP contribution in [0.4, 0.5) is 0 Å². The summed E-state index contributed by atoms with van der Waals surface area (Å²) in [6, 6.07) is 10.5. The minimum Gasteiger partial charge on any atom is -0.388 e. The minimum absolute atomic E-state index is 0.347. The van der Waals surface area contributed by atoms with E-state index in [0.29, 0.717) is 6.04 Å². The molecule has 0 aromatic heterocycles. The van der Waals surface area contributed by atoms with Gasteiger partial charge in [-0.05, 0) is 31.7 Å². The molecule has 0 fully saturated rings. The number of rotatable bonds is 8. The minimum atomic E-state index is -0.347. The Kier molecular flexibility index (Phi) is 7.40. The van der Waals surface area contributed by atoms with Crippen LogP contribution in [-0.4, -0.2) is 41.6 Å². The van der Waals surface area contributed by atoms with E-state index in [9.17, 15) is 5.11 Å². The Labute approximate surface area is 115 Å². The third-order valence-electron chi connectivity index (χ3n) is 3.39. The summed E-state index contributed by atoms with van der Waals surface area (Å²) in [5, 5.41) is 10.1. The third kappa shape index (κ3) is 5.01. The summed E-state index contributed by atoms with van der Waals surface area (Å²) in [4.78, 5) is 2.36. The largest absolute Gasteiger partial charge is 0.388 e. The van der Waals surface area contributed by atoms with Gasteiger partial charge in [-0.25, -0.2) is 0 Å². The maximum absolute atomic E-state index is 10.1. The van der Waals surface area contributed by atoms with Crippen molar-refractivity contribution in [1.29, 1.82) is 0 Å². The molecule has 2 unspecified atom stereocenters. The van der Waals surface area contributed by atoms with Gasteiger partial charge in [0.05, 0.1) is 6.10 Å². The molecule has 102 valence electrons. The lowest BCUT2D eigenvalue weighted by Crippen LogP contribution is -2.34. The molecule has 0 aliphatic heterocycles. The highest BCUT2D eigenvalue weighted by Crippen LogP contribution is 2.17. The van der Waals surface area contributed by atoms with E-state index in [1.54, 1.807) is 0 Å². The molecule has 2 atom stereocenters. The van der Waals surface area contributed by atoms with Crippen molar-refractivity contribution in [1.82, 2.24) is 4.90 Å². The van der Waals surface area contributed by atoms with E-state index in [1.807, 2.05) is 42.1 Å². The molecule has 2 nitrogen and oxygen atoms in total. The smallest absolute Gasteiger partial charge is 0.0802 e. The Morgan fingerprint density at radius 2 is 1.94 bits per heavy atom. The number of hydrogen-bond acceptors (Lipinski definition) is 3. The topological polar surface area (TPSA) is 23.5 Å². The van der Waals surface area contributed by atoms with Crippen LogP contribution < -0.4 is 0 Å². The van der Waals surface area contributed by atoms with Crippen LogP contribution in [0.3, 0.4) is 0 Å². The highest BCUT2D eigenvalue weighted by Gasteiger charge is 2.14. The SMILES string of the molecule is CCC(CSC)N(C)CCC(O)c1ccccc1. The average molecular weight is 267 g/mol. The van der Waals surface area contributed by atoms with E-state index in [4.69, 9.17) is 0 Å². The van der Waals surface area contributed by atoms with Gasteiger partial charge in [0.2, 0.25) is 0 Å². The van der Waals surface area contributed by atoms with E-state index in [1.165, 1.54) is 6.42 Å². The molecule has 0 saturated heterocycles. The van der Waals surface area contributed by atoms with E-state index in [0.717, 1.165) is 24.3 Å². The van der Waals surface area contributed by atoms with Crippen molar-refractivity contribution in [2.24, 2.45) is 0 Å². The van der Waals surface area contributed by atoms with Gasteiger partial charge in [0.15, 0.2) is 0 Å². The number of aliphatic hydroxyl groups excluding tert-OH is 1. The molecule has 0 bridgehead atoms. The average Bonchev–Trinajstić information content (AvgIpc) is 2.42. The molecule has 1 aromatic carbocycles. The van der Waals surface area contributed by atoms with Crippen molar-refractivity contribution >= 4 is 11.8 Å². The van der Waals surface area contributed by atoms with Crippen LogP contribution in [0.15, 0.2) is 30.3 Å². The second-order valence-electron chi connectivity index (χ2n) is 4.71. The second kappa shape index (κ2) is 8.57. The van der Waals surface area contributed by atoms with E-state index < -0.39 is 0 Å². The molecule has 18 heavy (non-hydrogen) atoms. The fraction of sp³-hybridized carbons (Fsp3) is 0.600. The summed E-state index contributed by atoms with van der Waals surface area (Å²) in [6.07, 6.45) is 3.76. The number of nitrogens with zero attached hydrogens (tertiary/aromatic N) is 1. The fourth-order valence-corrected chi connectivity index (χ4v) is 2.97. The van der Waals surface area contributed by atoms with Crippen molar-refractivity contribution in [2.75, 3.05) is 25.6 Å². The first kappa shape index (κ1) is 15.5. The number of aliphatic hydroxyl groups is 1. The summed E-state index contributed by atoms with van der Waals surface area (Å²) in [7, 11) is 2.15. The number of thioether (sulfide) groups is 1. The van der Waals surface area contributed by atoms with Gasteiger partial charge in [0, 0.05) is 18.3 Å². The lowest BCUT2D eigenvalue weighted by molar-refractivity contribution is 0.139. The molecule has 0 spiro atoms. The number of hydrogen-bond donors (Lipinski definition) is 1. The predicted octanol–water partition coefficient (Wildman–Crippen LogP) is 3.18. The maximum Gasteiger partial charge on any atom is 0.0802 e. The summed E-state index contributed by atoms with van der Waals surface area (Å²) in [5.74, 6) is 1.16. The Hall–Kier alpha value is -0.510. The summed E-state index contributed by atoms with van der Waals surface area (Å²) in [6.45, 7) is 3.17. The second-order valence-corrected chi connectivity index (χ2v) is 5.62. The molecule has 1 N–H and O–H groups in total. The van der Waals surface area contributed by atoms with Crippen molar-refractivity contribution in [3.63, 3.8) is 0 Å². The zero-order valence-electron chi connectivity index (χ0n) is 11.7. The normalized spacial score (nSPS) is 14.7.